The van der Waals surface area contributed by atoms with E-state index in [1.807, 2.05) is 19.9 Å². The van der Waals surface area contributed by atoms with Crippen LogP contribution in [-0.2, 0) is 15.2 Å². The Morgan fingerprint density at radius 2 is 1.73 bits per heavy atom. The van der Waals surface area contributed by atoms with Crippen molar-refractivity contribution >= 4 is 8.38 Å². The van der Waals surface area contributed by atoms with E-state index in [1.165, 1.54) is 6.07 Å². The van der Waals surface area contributed by atoms with Crippen LogP contribution in [0.4, 0.5) is 4.39 Å². The first-order chi connectivity index (χ1) is 7.27. The number of hydrogen-bond donors (Lipinski definition) is 0. The molecule has 0 fully saturated rings. The van der Waals surface area contributed by atoms with Crippen molar-refractivity contribution in [1.29, 1.82) is 0 Å². The normalized spacial score (nSPS) is 10.9. The van der Waals surface area contributed by atoms with Gasteiger partial charge in [0.15, 0.2) is 8.38 Å². The van der Waals surface area contributed by atoms with Crippen LogP contribution in [0, 0.1) is 5.82 Å². The second-order valence-electron chi connectivity index (χ2n) is 2.92. The van der Waals surface area contributed by atoms with E-state index in [0.717, 1.165) is 0 Å². The molecule has 84 valence electrons. The number of hydrogen-bond acceptors (Lipinski definition) is 2. The monoisotopic (exact) mass is 230 g/mol. The fourth-order valence-electron chi connectivity index (χ4n) is 1.18. The lowest BCUT2D eigenvalue weighted by molar-refractivity contribution is 0.268. The summed E-state index contributed by atoms with van der Waals surface area (Å²) in [7, 11) is -0.993. The van der Waals surface area contributed by atoms with Crippen LogP contribution in [0.3, 0.4) is 0 Å². The van der Waals surface area contributed by atoms with E-state index in [-0.39, 0.29) is 5.82 Å². The first kappa shape index (κ1) is 12.6. The van der Waals surface area contributed by atoms with Crippen LogP contribution in [0.15, 0.2) is 24.3 Å². The Morgan fingerprint density at radius 1 is 1.13 bits per heavy atom. The summed E-state index contributed by atoms with van der Waals surface area (Å²) in [5.74, 6) is -0.190. The van der Waals surface area contributed by atoms with E-state index >= 15 is 0 Å². The van der Waals surface area contributed by atoms with Gasteiger partial charge in [-0.2, -0.15) is 0 Å². The largest absolute Gasteiger partial charge is 0.334 e. The molecule has 0 saturated carbocycles. The molecule has 0 aliphatic carbocycles. The molecule has 0 heterocycles. The third kappa shape index (κ3) is 4.25. The third-order valence-electron chi connectivity index (χ3n) is 1.80. The average molecular weight is 230 g/mol. The summed E-state index contributed by atoms with van der Waals surface area (Å²) >= 11 is 0. The number of halogens is 1. The van der Waals surface area contributed by atoms with Crippen molar-refractivity contribution in [2.75, 3.05) is 13.2 Å². The minimum atomic E-state index is -0.993. The van der Waals surface area contributed by atoms with Crippen LogP contribution in [0.2, 0.25) is 0 Å². The second-order valence-corrected chi connectivity index (χ2v) is 4.42. The molecule has 0 radical (unpaired) electrons. The Balaban J connectivity index is 2.60. The molecule has 0 amide bonds. The van der Waals surface area contributed by atoms with Gasteiger partial charge in [-0.1, -0.05) is 18.2 Å². The van der Waals surface area contributed by atoms with E-state index < -0.39 is 8.38 Å². The molecule has 0 aromatic heterocycles. The van der Waals surface area contributed by atoms with Gasteiger partial charge in [-0.15, -0.1) is 0 Å². The molecule has 1 aromatic rings. The summed E-state index contributed by atoms with van der Waals surface area (Å²) in [4.78, 5) is 0. The Kier molecular flexibility index (Phi) is 5.77. The van der Waals surface area contributed by atoms with E-state index in [2.05, 4.69) is 0 Å². The molecular weight excluding hydrogens is 214 g/mol. The molecule has 2 nitrogen and oxygen atoms in total. The molecule has 0 spiro atoms. The summed E-state index contributed by atoms with van der Waals surface area (Å²) in [6.07, 6.45) is 0.518. The molecule has 1 aromatic carbocycles. The first-order valence-electron chi connectivity index (χ1n) is 5.04. The highest BCUT2D eigenvalue weighted by Crippen LogP contribution is 2.42. The zero-order valence-corrected chi connectivity index (χ0v) is 9.97. The quantitative estimate of drug-likeness (QED) is 0.693. The Morgan fingerprint density at radius 3 is 2.27 bits per heavy atom. The molecule has 0 aliphatic rings. The highest BCUT2D eigenvalue weighted by atomic mass is 31.2. The maximum Gasteiger partial charge on any atom is 0.175 e. The second kappa shape index (κ2) is 6.89. The highest BCUT2D eigenvalue weighted by molar-refractivity contribution is 7.46. The van der Waals surface area contributed by atoms with Gasteiger partial charge in [-0.05, 0) is 25.5 Å². The van der Waals surface area contributed by atoms with Crippen molar-refractivity contribution in [3.05, 3.63) is 35.6 Å². The SMILES string of the molecule is CCOP(Cc1ccccc1F)OCC. The van der Waals surface area contributed by atoms with Crippen LogP contribution in [0.25, 0.3) is 0 Å². The minimum Gasteiger partial charge on any atom is -0.334 e. The van der Waals surface area contributed by atoms with E-state index in [9.17, 15) is 4.39 Å². The maximum absolute atomic E-state index is 13.3. The fraction of sp³-hybridized carbons (Fsp3) is 0.455. The van der Waals surface area contributed by atoms with Gasteiger partial charge < -0.3 is 9.05 Å². The lowest BCUT2D eigenvalue weighted by Gasteiger charge is -2.15. The molecule has 15 heavy (non-hydrogen) atoms. The Labute approximate surface area is 91.3 Å². The molecule has 0 aliphatic heterocycles. The summed E-state index contributed by atoms with van der Waals surface area (Å²) in [6.45, 7) is 5.02. The molecule has 4 heteroatoms. The van der Waals surface area contributed by atoms with Crippen molar-refractivity contribution in [3.63, 3.8) is 0 Å². The average Bonchev–Trinajstić information content (AvgIpc) is 2.22. The summed E-state index contributed by atoms with van der Waals surface area (Å²) in [6, 6.07) is 6.73. The van der Waals surface area contributed by atoms with Gasteiger partial charge in [0.1, 0.15) is 5.82 Å². The van der Waals surface area contributed by atoms with Crippen molar-refractivity contribution < 1.29 is 13.4 Å². The molecule has 1 rings (SSSR count). The lowest BCUT2D eigenvalue weighted by Crippen LogP contribution is -1.96. The predicted molar refractivity (Wildman–Crippen MR) is 60.3 cm³/mol. The minimum absolute atomic E-state index is 0.190. The van der Waals surface area contributed by atoms with E-state index in [4.69, 9.17) is 9.05 Å². The first-order valence-corrected chi connectivity index (χ1v) is 6.41. The van der Waals surface area contributed by atoms with Gasteiger partial charge in [0.25, 0.3) is 0 Å². The summed E-state index contributed by atoms with van der Waals surface area (Å²) in [5, 5.41) is 0. The van der Waals surface area contributed by atoms with Gasteiger partial charge in [-0.25, -0.2) is 4.39 Å². The number of benzene rings is 1. The van der Waals surface area contributed by atoms with Gasteiger partial charge in [-0.3, -0.25) is 0 Å². The van der Waals surface area contributed by atoms with Crippen LogP contribution in [0.1, 0.15) is 19.4 Å². The smallest absolute Gasteiger partial charge is 0.175 e. The van der Waals surface area contributed by atoms with Crippen LogP contribution < -0.4 is 0 Å². The van der Waals surface area contributed by atoms with Gasteiger partial charge in [0.2, 0.25) is 0 Å². The molecular formula is C11H16FO2P. The van der Waals surface area contributed by atoms with Crippen molar-refractivity contribution in [3.8, 4) is 0 Å². The summed E-state index contributed by atoms with van der Waals surface area (Å²) < 4.78 is 24.2. The van der Waals surface area contributed by atoms with Gasteiger partial charge in [0.05, 0.1) is 13.2 Å². The van der Waals surface area contributed by atoms with Crippen LogP contribution in [-0.4, -0.2) is 13.2 Å². The standard InChI is InChI=1S/C11H16FO2P/c1-3-13-15(14-4-2)9-10-7-5-6-8-11(10)12/h5-8H,3-4,9H2,1-2H3. The molecule has 0 bridgehead atoms. The highest BCUT2D eigenvalue weighted by Gasteiger charge is 2.12. The van der Waals surface area contributed by atoms with Crippen LogP contribution >= 0.6 is 8.38 Å². The lowest BCUT2D eigenvalue weighted by atomic mass is 10.2. The molecule has 0 atom stereocenters. The van der Waals surface area contributed by atoms with Crippen molar-refractivity contribution in [2.24, 2.45) is 0 Å². The van der Waals surface area contributed by atoms with Gasteiger partial charge >= 0.3 is 0 Å². The zero-order valence-electron chi connectivity index (χ0n) is 9.07. The molecule has 0 N–H and O–H groups in total. The predicted octanol–water partition coefficient (Wildman–Crippen LogP) is 3.71. The summed E-state index contributed by atoms with van der Waals surface area (Å²) in [5.41, 5.74) is 0.658. The van der Waals surface area contributed by atoms with Crippen molar-refractivity contribution in [1.82, 2.24) is 0 Å². The van der Waals surface area contributed by atoms with E-state index in [1.54, 1.807) is 12.1 Å². The zero-order chi connectivity index (χ0) is 11.1. The topological polar surface area (TPSA) is 18.5 Å². The maximum atomic E-state index is 13.3. The Hall–Kier alpha value is -0.500. The third-order valence-corrected chi connectivity index (χ3v) is 3.49. The Bertz CT molecular complexity index is 288. The van der Waals surface area contributed by atoms with Gasteiger partial charge in [0, 0.05) is 6.16 Å². The fourth-order valence-corrected chi connectivity index (χ4v) is 2.55. The molecule has 0 unspecified atom stereocenters. The molecule has 0 saturated heterocycles. The van der Waals surface area contributed by atoms with Crippen molar-refractivity contribution in [2.45, 2.75) is 20.0 Å². The van der Waals surface area contributed by atoms with Crippen LogP contribution in [0.5, 0.6) is 0 Å². The number of rotatable bonds is 6. The van der Waals surface area contributed by atoms with E-state index in [0.29, 0.717) is 24.9 Å².